The normalized spacial score (nSPS) is 16.0. The third kappa shape index (κ3) is 7.19. The fourth-order valence-electron chi connectivity index (χ4n) is 5.39. The van der Waals surface area contributed by atoms with E-state index in [4.69, 9.17) is 9.47 Å². The van der Waals surface area contributed by atoms with Crippen LogP contribution in [0.4, 0.5) is 0 Å². The van der Waals surface area contributed by atoms with Crippen LogP contribution in [0, 0.1) is 6.92 Å². The topological polar surface area (TPSA) is 93.9 Å². The van der Waals surface area contributed by atoms with E-state index in [2.05, 4.69) is 11.9 Å². The molecule has 1 aromatic heterocycles. The van der Waals surface area contributed by atoms with Crippen LogP contribution in [0.15, 0.2) is 97.1 Å². The Morgan fingerprint density at radius 3 is 2.32 bits per heavy atom. The summed E-state index contributed by atoms with van der Waals surface area (Å²) in [6, 6.07) is 21.7. The minimum absolute atomic E-state index is 0.0721. The molecule has 1 aliphatic rings. The first-order chi connectivity index (χ1) is 21.5. The quantitative estimate of drug-likeness (QED) is 0.0744. The molecule has 0 saturated carbocycles. The highest BCUT2D eigenvalue weighted by molar-refractivity contribution is 6.46. The highest BCUT2D eigenvalue weighted by Crippen LogP contribution is 2.40. The average molecular weight is 594 g/mol. The van der Waals surface area contributed by atoms with E-state index in [1.165, 1.54) is 0 Å². The van der Waals surface area contributed by atoms with Gasteiger partial charge in [-0.05, 0) is 72.9 Å². The number of unbranched alkanes of at least 4 members (excludes halogenated alkanes) is 2. The van der Waals surface area contributed by atoms with Gasteiger partial charge >= 0.3 is 0 Å². The second kappa shape index (κ2) is 14.6. The van der Waals surface area contributed by atoms with E-state index >= 15 is 0 Å². The number of ether oxygens (including phenoxy) is 2. The number of imidazole rings is 1. The number of aliphatic hydroxyl groups is 1. The number of hydrogen-bond donors (Lipinski definition) is 1. The number of Topliss-reactive ketones (excluding diaryl/α,β-unsaturated/α-hetero) is 1. The van der Waals surface area contributed by atoms with Gasteiger partial charge in [0.25, 0.3) is 11.7 Å². The lowest BCUT2D eigenvalue weighted by Gasteiger charge is -2.25. The van der Waals surface area contributed by atoms with Gasteiger partial charge in [0.2, 0.25) is 0 Å². The van der Waals surface area contributed by atoms with E-state index < -0.39 is 17.7 Å². The van der Waals surface area contributed by atoms with Crippen LogP contribution >= 0.6 is 0 Å². The molecule has 0 radical (unpaired) electrons. The number of rotatable bonds is 14. The van der Waals surface area contributed by atoms with Crippen LogP contribution in [0.1, 0.15) is 60.9 Å². The van der Waals surface area contributed by atoms with Gasteiger partial charge < -0.3 is 24.0 Å². The number of nitrogens with zero attached hydrogens (tertiary/aromatic N) is 3. The maximum absolute atomic E-state index is 13.5. The van der Waals surface area contributed by atoms with E-state index in [0.717, 1.165) is 41.7 Å². The van der Waals surface area contributed by atoms with Gasteiger partial charge in [-0.3, -0.25) is 9.59 Å². The number of likely N-dealkylation sites (tertiary alicyclic amines) is 1. The Morgan fingerprint density at radius 2 is 1.61 bits per heavy atom. The van der Waals surface area contributed by atoms with Gasteiger partial charge in [-0.15, -0.1) is 0 Å². The smallest absolute Gasteiger partial charge is 0.295 e. The van der Waals surface area contributed by atoms with E-state index in [1.54, 1.807) is 41.7 Å². The molecule has 0 aliphatic carbocycles. The number of amides is 1. The molecule has 8 nitrogen and oxygen atoms in total. The van der Waals surface area contributed by atoms with Crippen molar-refractivity contribution in [2.75, 3.05) is 13.2 Å². The average Bonchev–Trinajstić information content (AvgIpc) is 3.65. The van der Waals surface area contributed by atoms with Crippen molar-refractivity contribution >= 4 is 17.4 Å². The summed E-state index contributed by atoms with van der Waals surface area (Å²) in [6.07, 6.45) is 9.10. The lowest BCUT2D eigenvalue weighted by atomic mass is 9.95. The molecule has 44 heavy (non-hydrogen) atoms. The van der Waals surface area contributed by atoms with Crippen molar-refractivity contribution in [2.45, 2.75) is 58.7 Å². The van der Waals surface area contributed by atoms with Crippen LogP contribution in [0.2, 0.25) is 0 Å². The third-order valence-electron chi connectivity index (χ3n) is 7.91. The molecule has 1 amide bonds. The zero-order chi connectivity index (χ0) is 30.9. The molecule has 5 rings (SSSR count). The molecular formula is C36H39N3O5. The number of benzene rings is 3. The van der Waals surface area contributed by atoms with Gasteiger partial charge in [0.15, 0.2) is 0 Å². The fraction of sp³-hybridized carbons (Fsp3) is 0.306. The highest BCUT2D eigenvalue weighted by atomic mass is 16.5. The van der Waals surface area contributed by atoms with E-state index in [0.29, 0.717) is 44.0 Å². The molecule has 1 saturated heterocycles. The molecule has 1 atom stereocenters. The summed E-state index contributed by atoms with van der Waals surface area (Å²) in [4.78, 5) is 32.5. The molecule has 1 unspecified atom stereocenters. The second-order valence-corrected chi connectivity index (χ2v) is 11.0. The zero-order valence-corrected chi connectivity index (χ0v) is 25.3. The lowest BCUT2D eigenvalue weighted by Crippen LogP contribution is -2.31. The Balaban J connectivity index is 1.39. The summed E-state index contributed by atoms with van der Waals surface area (Å²) in [6.45, 7) is 6.22. The maximum Gasteiger partial charge on any atom is 0.295 e. The summed E-state index contributed by atoms with van der Waals surface area (Å²) in [5.74, 6) is -0.176. The number of hydrogen-bond acceptors (Lipinski definition) is 6. The Bertz CT molecular complexity index is 1580. The summed E-state index contributed by atoms with van der Waals surface area (Å²) in [7, 11) is 0. The van der Waals surface area contributed by atoms with Crippen LogP contribution in [0.3, 0.4) is 0 Å². The Hall–Kier alpha value is -4.85. The number of aromatic nitrogens is 2. The number of carbonyl (C=O) groups is 2. The van der Waals surface area contributed by atoms with Crippen molar-refractivity contribution in [1.82, 2.24) is 14.5 Å². The van der Waals surface area contributed by atoms with Gasteiger partial charge in [0.05, 0.1) is 24.5 Å². The van der Waals surface area contributed by atoms with Crippen molar-refractivity contribution in [3.05, 3.63) is 119 Å². The number of ketones is 1. The molecule has 1 aliphatic heterocycles. The van der Waals surface area contributed by atoms with Crippen molar-refractivity contribution in [2.24, 2.45) is 0 Å². The Morgan fingerprint density at radius 1 is 0.886 bits per heavy atom. The van der Waals surface area contributed by atoms with Crippen molar-refractivity contribution < 1.29 is 24.2 Å². The number of aliphatic hydroxyl groups excluding tert-OH is 1. The molecule has 1 fully saturated rings. The predicted octanol–water partition coefficient (Wildman–Crippen LogP) is 6.85. The Kier molecular flexibility index (Phi) is 10.1. The van der Waals surface area contributed by atoms with Gasteiger partial charge in [0.1, 0.15) is 23.9 Å². The van der Waals surface area contributed by atoms with Crippen LogP contribution in [-0.2, 0) is 22.7 Å². The molecule has 228 valence electrons. The molecule has 8 heteroatoms. The number of carbonyl (C=O) groups excluding carboxylic acids is 2. The summed E-state index contributed by atoms with van der Waals surface area (Å²) in [5, 5.41) is 11.5. The zero-order valence-electron chi connectivity index (χ0n) is 25.3. The third-order valence-corrected chi connectivity index (χ3v) is 7.91. The van der Waals surface area contributed by atoms with Crippen molar-refractivity contribution in [3.8, 4) is 11.5 Å². The molecule has 2 heterocycles. The predicted molar refractivity (Wildman–Crippen MR) is 169 cm³/mol. The van der Waals surface area contributed by atoms with Crippen molar-refractivity contribution in [1.29, 1.82) is 0 Å². The van der Waals surface area contributed by atoms with Crippen LogP contribution in [0.5, 0.6) is 11.5 Å². The Labute approximate surface area is 258 Å². The molecular weight excluding hydrogens is 554 g/mol. The van der Waals surface area contributed by atoms with Gasteiger partial charge in [-0.2, -0.15) is 0 Å². The molecule has 0 spiro atoms. The molecule has 1 N–H and O–H groups in total. The molecule has 4 aromatic rings. The fourth-order valence-corrected chi connectivity index (χ4v) is 5.39. The monoisotopic (exact) mass is 593 g/mol. The summed E-state index contributed by atoms with van der Waals surface area (Å²) < 4.78 is 13.8. The highest BCUT2D eigenvalue weighted by Gasteiger charge is 2.45. The first-order valence-corrected chi connectivity index (χ1v) is 15.2. The number of aryl methyl sites for hydroxylation is 2. The summed E-state index contributed by atoms with van der Waals surface area (Å²) in [5.41, 5.74) is 3.47. The lowest BCUT2D eigenvalue weighted by molar-refractivity contribution is -0.139. The first kappa shape index (κ1) is 30.6. The van der Waals surface area contributed by atoms with E-state index in [-0.39, 0.29) is 11.3 Å². The second-order valence-electron chi connectivity index (χ2n) is 11.0. The molecule has 0 bridgehead atoms. The minimum Gasteiger partial charge on any atom is -0.507 e. The largest absolute Gasteiger partial charge is 0.507 e. The van der Waals surface area contributed by atoms with Gasteiger partial charge in [-0.1, -0.05) is 56.2 Å². The standard InChI is InChI=1S/C36H39N3O5/c1-3-4-7-23-43-30-15-11-27(12-16-30)33-32(35(41)36(42)39(33)21-8-20-38-22-19-37-25-38)34(40)28-13-17-31(18-14-28)44-24-29-10-6-5-9-26(29)2/h5-6,9-19,22,25,33,40H,3-4,7-8,20-21,23-24H2,1-2H3/b34-32+. The van der Waals surface area contributed by atoms with Crippen LogP contribution in [-0.4, -0.2) is 44.4 Å². The first-order valence-electron chi connectivity index (χ1n) is 15.2. The van der Waals surface area contributed by atoms with Gasteiger partial charge in [-0.25, -0.2) is 4.98 Å². The molecule has 3 aromatic carbocycles. The van der Waals surface area contributed by atoms with E-state index in [9.17, 15) is 14.7 Å². The van der Waals surface area contributed by atoms with E-state index in [1.807, 2.05) is 66.2 Å². The van der Waals surface area contributed by atoms with Crippen molar-refractivity contribution in [3.63, 3.8) is 0 Å². The van der Waals surface area contributed by atoms with Crippen LogP contribution in [0.25, 0.3) is 5.76 Å². The van der Waals surface area contributed by atoms with Crippen LogP contribution < -0.4 is 9.47 Å². The SMILES string of the molecule is CCCCCOc1ccc(C2/C(=C(\O)c3ccc(OCc4ccccc4C)cc3)C(=O)C(=O)N2CCCn2ccnc2)cc1. The minimum atomic E-state index is -0.732. The maximum atomic E-state index is 13.5. The summed E-state index contributed by atoms with van der Waals surface area (Å²) >= 11 is 0. The van der Waals surface area contributed by atoms with Gasteiger partial charge in [0, 0.05) is 31.0 Å².